The van der Waals surface area contributed by atoms with Crippen LogP contribution in [0.3, 0.4) is 0 Å². The van der Waals surface area contributed by atoms with Gasteiger partial charge in [0, 0.05) is 10.9 Å². The zero-order valence-electron chi connectivity index (χ0n) is 12.3. The molecule has 1 heterocycles. The Hall–Kier alpha value is -2.28. The van der Waals surface area contributed by atoms with Gasteiger partial charge < -0.3 is 27.1 Å². The number of benzene rings is 1. The Labute approximate surface area is 133 Å². The van der Waals surface area contributed by atoms with Crippen molar-refractivity contribution < 1.29 is 4.79 Å². The lowest BCUT2D eigenvalue weighted by Gasteiger charge is -2.38. The van der Waals surface area contributed by atoms with Gasteiger partial charge >= 0.3 is 6.03 Å². The lowest BCUT2D eigenvalue weighted by molar-refractivity contribution is 0.216. The van der Waals surface area contributed by atoms with Crippen molar-refractivity contribution >= 4 is 34.3 Å². The molecule has 116 valence electrons. The number of hydrogen-bond acceptors (Lipinski definition) is 2. The van der Waals surface area contributed by atoms with Crippen LogP contribution in [0.4, 0.5) is 4.79 Å². The van der Waals surface area contributed by atoms with Crippen LogP contribution in [0.5, 0.6) is 0 Å². The third-order valence-corrected chi connectivity index (χ3v) is 4.24. The largest absolute Gasteiger partial charge is 0.376 e. The number of aromatic nitrogens is 1. The number of aromatic amines is 1. The normalized spacial score (nSPS) is 20.4. The number of carbonyl (C=O) groups excluding carboxylic acids is 1. The highest BCUT2D eigenvalue weighted by molar-refractivity contribution is 7.80. The van der Waals surface area contributed by atoms with Gasteiger partial charge in [0.1, 0.15) is 0 Å². The van der Waals surface area contributed by atoms with Crippen LogP contribution >= 0.6 is 12.2 Å². The molecule has 0 aliphatic heterocycles. The number of nitrogens with two attached hydrogens (primary N) is 2. The van der Waals surface area contributed by atoms with Gasteiger partial charge in [0.05, 0.1) is 5.69 Å². The number of nitrogens with one attached hydrogen (secondary N) is 3. The molecule has 0 spiro atoms. The molecular weight excluding hydrogens is 298 g/mol. The maximum Gasteiger partial charge on any atom is 0.314 e. The Kier molecular flexibility index (Phi) is 3.44. The van der Waals surface area contributed by atoms with Crippen LogP contribution < -0.4 is 22.1 Å². The van der Waals surface area contributed by atoms with Crippen LogP contribution in [0.15, 0.2) is 18.2 Å². The molecule has 0 fully saturated rings. The molecule has 1 aromatic carbocycles. The van der Waals surface area contributed by atoms with Gasteiger partial charge in [-0.15, -0.1) is 0 Å². The summed E-state index contributed by atoms with van der Waals surface area (Å²) in [5.41, 5.74) is 14.4. The second kappa shape index (κ2) is 5.17. The number of fused-ring (bicyclic) bond motifs is 3. The average Bonchev–Trinajstić information content (AvgIpc) is 2.77. The summed E-state index contributed by atoms with van der Waals surface area (Å²) < 4.78 is 0. The number of amides is 2. The molecule has 22 heavy (non-hydrogen) atoms. The Morgan fingerprint density at radius 2 is 2.14 bits per heavy atom. The average molecular weight is 317 g/mol. The predicted molar refractivity (Wildman–Crippen MR) is 90.3 cm³/mol. The minimum Gasteiger partial charge on any atom is -0.376 e. The number of hydrogen-bond donors (Lipinski definition) is 5. The van der Waals surface area contributed by atoms with E-state index in [0.29, 0.717) is 6.42 Å². The Bertz CT molecular complexity index is 751. The first-order valence-electron chi connectivity index (χ1n) is 7.18. The van der Waals surface area contributed by atoms with Crippen molar-refractivity contribution in [3.8, 4) is 0 Å². The fraction of sp³-hybridized carbons (Fsp3) is 0.333. The maximum atomic E-state index is 11.5. The molecular formula is C15H19N5OS. The first kappa shape index (κ1) is 14.6. The van der Waals surface area contributed by atoms with Crippen LogP contribution in [0.2, 0.25) is 0 Å². The first-order chi connectivity index (χ1) is 10.4. The van der Waals surface area contributed by atoms with Gasteiger partial charge in [-0.25, -0.2) is 4.79 Å². The van der Waals surface area contributed by atoms with Crippen LogP contribution in [0.25, 0.3) is 10.9 Å². The fourth-order valence-corrected chi connectivity index (χ4v) is 3.52. The molecule has 2 amide bonds. The van der Waals surface area contributed by atoms with Crippen molar-refractivity contribution in [2.75, 3.05) is 0 Å². The quantitative estimate of drug-likeness (QED) is 0.427. The molecule has 0 saturated carbocycles. The summed E-state index contributed by atoms with van der Waals surface area (Å²) in [5, 5.41) is 7.10. The van der Waals surface area contributed by atoms with E-state index in [1.807, 2.05) is 6.07 Å². The molecule has 2 aromatic rings. The lowest BCUT2D eigenvalue weighted by Crippen LogP contribution is -2.61. The minimum atomic E-state index is -0.877. The highest BCUT2D eigenvalue weighted by Crippen LogP contribution is 2.37. The minimum absolute atomic E-state index is 0.122. The number of thiocarbonyl (C=S) groups is 1. The number of primary amides is 1. The molecule has 7 N–H and O–H groups in total. The Balaban J connectivity index is 2.21. The highest BCUT2D eigenvalue weighted by atomic mass is 32.1. The molecule has 1 aliphatic rings. The summed E-state index contributed by atoms with van der Waals surface area (Å²) in [5.74, 6) is 0. The van der Waals surface area contributed by atoms with Crippen molar-refractivity contribution in [3.63, 3.8) is 0 Å². The molecule has 1 atom stereocenters. The zero-order chi connectivity index (χ0) is 15.9. The Morgan fingerprint density at radius 1 is 1.36 bits per heavy atom. The molecule has 1 aliphatic carbocycles. The molecule has 1 aromatic heterocycles. The molecule has 3 rings (SSSR count). The molecule has 0 bridgehead atoms. The summed E-state index contributed by atoms with van der Waals surface area (Å²) >= 11 is 4.99. The van der Waals surface area contributed by atoms with Crippen LogP contribution in [-0.2, 0) is 12.1 Å². The summed E-state index contributed by atoms with van der Waals surface area (Å²) in [7, 11) is 0. The number of rotatable bonds is 2. The van der Waals surface area contributed by atoms with Crippen LogP contribution in [0, 0.1) is 6.92 Å². The smallest absolute Gasteiger partial charge is 0.314 e. The van der Waals surface area contributed by atoms with E-state index in [1.165, 1.54) is 11.1 Å². The van der Waals surface area contributed by atoms with Gasteiger partial charge in [-0.3, -0.25) is 0 Å². The van der Waals surface area contributed by atoms with Crippen molar-refractivity contribution in [2.24, 2.45) is 11.5 Å². The third kappa shape index (κ3) is 2.37. The van der Waals surface area contributed by atoms with Gasteiger partial charge in [-0.2, -0.15) is 0 Å². The topological polar surface area (TPSA) is 109 Å². The summed E-state index contributed by atoms with van der Waals surface area (Å²) in [6.45, 7) is 2.06. The van der Waals surface area contributed by atoms with E-state index >= 15 is 0 Å². The number of H-pyrrole nitrogens is 1. The van der Waals surface area contributed by atoms with Gasteiger partial charge in [0.15, 0.2) is 10.8 Å². The zero-order valence-corrected chi connectivity index (χ0v) is 13.1. The fourth-order valence-electron chi connectivity index (χ4n) is 3.34. The first-order valence-corrected chi connectivity index (χ1v) is 7.59. The van der Waals surface area contributed by atoms with Gasteiger partial charge in [0.25, 0.3) is 0 Å². The highest BCUT2D eigenvalue weighted by Gasteiger charge is 2.40. The molecule has 6 nitrogen and oxygen atoms in total. The van der Waals surface area contributed by atoms with Crippen molar-refractivity contribution in [3.05, 3.63) is 35.0 Å². The van der Waals surface area contributed by atoms with E-state index < -0.39 is 11.7 Å². The standard InChI is InChI=1S/C15H19N5OS/c1-8-4-5-11-10(7-8)9-3-2-6-15(12(9)18-11,19-13(16)21)20-14(17)22/h4-5,7,18H,2-3,6H2,1H3,(H3,16,19,21)(H3,17,20,22). The monoisotopic (exact) mass is 317 g/mol. The third-order valence-electron chi connectivity index (χ3n) is 4.14. The second-order valence-electron chi connectivity index (χ2n) is 5.76. The van der Waals surface area contributed by atoms with E-state index in [4.69, 9.17) is 23.7 Å². The molecule has 0 radical (unpaired) electrons. The summed E-state index contributed by atoms with van der Waals surface area (Å²) in [6, 6.07) is 5.62. The van der Waals surface area contributed by atoms with Gasteiger partial charge in [-0.1, -0.05) is 11.6 Å². The van der Waals surface area contributed by atoms with E-state index in [0.717, 1.165) is 29.4 Å². The summed E-state index contributed by atoms with van der Waals surface area (Å²) in [4.78, 5) is 14.9. The van der Waals surface area contributed by atoms with E-state index in [2.05, 4.69) is 34.7 Å². The van der Waals surface area contributed by atoms with Crippen molar-refractivity contribution in [1.82, 2.24) is 15.6 Å². The van der Waals surface area contributed by atoms with Crippen molar-refractivity contribution in [2.45, 2.75) is 31.8 Å². The van der Waals surface area contributed by atoms with E-state index in [1.54, 1.807) is 0 Å². The molecule has 1 unspecified atom stereocenters. The number of aryl methyl sites for hydroxylation is 2. The number of carbonyl (C=O) groups is 1. The Morgan fingerprint density at radius 3 is 2.82 bits per heavy atom. The van der Waals surface area contributed by atoms with Gasteiger partial charge in [-0.05, 0) is 56.1 Å². The number of urea groups is 1. The van der Waals surface area contributed by atoms with E-state index in [-0.39, 0.29) is 5.11 Å². The van der Waals surface area contributed by atoms with Crippen molar-refractivity contribution in [1.29, 1.82) is 0 Å². The van der Waals surface area contributed by atoms with E-state index in [9.17, 15) is 4.79 Å². The SMILES string of the molecule is Cc1ccc2[nH]c3c(c2c1)CCCC3(NC(N)=O)NC(N)=S. The molecule has 7 heteroatoms. The van der Waals surface area contributed by atoms with Gasteiger partial charge in [0.2, 0.25) is 0 Å². The molecule has 0 saturated heterocycles. The lowest BCUT2D eigenvalue weighted by atomic mass is 9.86. The predicted octanol–water partition coefficient (Wildman–Crippen LogP) is 1.47. The summed E-state index contributed by atoms with van der Waals surface area (Å²) in [6.07, 6.45) is 2.48. The van der Waals surface area contributed by atoms with Crippen LogP contribution in [0.1, 0.15) is 29.7 Å². The second-order valence-corrected chi connectivity index (χ2v) is 6.20. The van der Waals surface area contributed by atoms with Crippen LogP contribution in [-0.4, -0.2) is 16.1 Å². The maximum absolute atomic E-state index is 11.5.